The van der Waals surface area contributed by atoms with Crippen molar-refractivity contribution in [2.24, 2.45) is 0 Å². The Hall–Kier alpha value is -3.30. The van der Waals surface area contributed by atoms with Crippen LogP contribution in [-0.4, -0.2) is 104 Å². The van der Waals surface area contributed by atoms with Crippen LogP contribution in [0.15, 0.2) is 85.1 Å². The normalized spacial score (nSPS) is 22.6. The molecule has 62 heavy (non-hydrogen) atoms. The number of allylic oxidation sites excluding steroid dienone is 14. The highest BCUT2D eigenvalue weighted by Crippen LogP contribution is 2.47. The summed E-state index contributed by atoms with van der Waals surface area (Å²) >= 11 is 0. The Labute approximate surface area is 369 Å². The lowest BCUT2D eigenvalue weighted by Gasteiger charge is -2.41. The molecule has 15 heteroatoms. The van der Waals surface area contributed by atoms with Gasteiger partial charge in [-0.2, -0.15) is 0 Å². The average Bonchev–Trinajstić information content (AvgIpc) is 3.25. The summed E-state index contributed by atoms with van der Waals surface area (Å²) in [6.45, 7) is 3.00. The number of phosphoric acid groups is 1. The quantitative estimate of drug-likeness (QED) is 0.00897. The van der Waals surface area contributed by atoms with Gasteiger partial charge in [0.05, 0.1) is 6.61 Å². The van der Waals surface area contributed by atoms with E-state index >= 15 is 0 Å². The molecule has 8 atom stereocenters. The second-order valence-electron chi connectivity index (χ2n) is 15.2. The van der Waals surface area contributed by atoms with E-state index < -0.39 is 75.7 Å². The summed E-state index contributed by atoms with van der Waals surface area (Å²) in [5, 5.41) is 50.1. The Bertz CT molecular complexity index is 1470. The van der Waals surface area contributed by atoms with Crippen LogP contribution in [0.25, 0.3) is 0 Å². The molecule has 0 aliphatic heterocycles. The third-order valence-corrected chi connectivity index (χ3v) is 10.7. The molecule has 1 aliphatic carbocycles. The van der Waals surface area contributed by atoms with Crippen molar-refractivity contribution in [3.63, 3.8) is 0 Å². The van der Waals surface area contributed by atoms with Crippen LogP contribution in [0, 0.1) is 0 Å². The molecule has 0 saturated heterocycles. The fourth-order valence-electron chi connectivity index (χ4n) is 6.00. The zero-order valence-corrected chi connectivity index (χ0v) is 37.8. The van der Waals surface area contributed by atoms with Crippen molar-refractivity contribution < 1.29 is 67.9 Å². The summed E-state index contributed by atoms with van der Waals surface area (Å²) < 4.78 is 33.3. The first kappa shape index (κ1) is 56.7. The molecule has 0 heterocycles. The average molecular weight is 895 g/mol. The Morgan fingerprint density at radius 3 is 1.60 bits per heavy atom. The van der Waals surface area contributed by atoms with Gasteiger partial charge in [-0.05, 0) is 83.1 Å². The molecule has 352 valence electrons. The van der Waals surface area contributed by atoms with Gasteiger partial charge in [0.25, 0.3) is 0 Å². The lowest BCUT2D eigenvalue weighted by atomic mass is 9.85. The Balaban J connectivity index is 2.58. The van der Waals surface area contributed by atoms with Crippen LogP contribution >= 0.6 is 7.82 Å². The Morgan fingerprint density at radius 1 is 0.548 bits per heavy atom. The summed E-state index contributed by atoms with van der Waals surface area (Å²) in [5.41, 5.74) is 0. The zero-order valence-electron chi connectivity index (χ0n) is 36.9. The van der Waals surface area contributed by atoms with Gasteiger partial charge < -0.3 is 39.9 Å². The minimum absolute atomic E-state index is 0.0185. The van der Waals surface area contributed by atoms with Crippen LogP contribution in [0.2, 0.25) is 0 Å². The van der Waals surface area contributed by atoms with E-state index in [1.807, 2.05) is 36.5 Å². The van der Waals surface area contributed by atoms with Crippen LogP contribution in [0.3, 0.4) is 0 Å². The van der Waals surface area contributed by atoms with E-state index in [0.717, 1.165) is 57.8 Å². The maximum atomic E-state index is 12.8. The fraction of sp³-hybridized carbons (Fsp3) is 0.638. The summed E-state index contributed by atoms with van der Waals surface area (Å²) in [7, 11) is -5.16. The fourth-order valence-corrected chi connectivity index (χ4v) is 6.98. The molecule has 0 bridgehead atoms. The molecule has 0 aromatic heterocycles. The third-order valence-electron chi connectivity index (χ3n) is 9.69. The highest BCUT2D eigenvalue weighted by atomic mass is 31.2. The van der Waals surface area contributed by atoms with Crippen LogP contribution in [0.4, 0.5) is 0 Å². The van der Waals surface area contributed by atoms with E-state index in [9.17, 15) is 49.4 Å². The maximum absolute atomic E-state index is 12.8. The highest BCUT2D eigenvalue weighted by Gasteiger charge is 2.51. The second kappa shape index (κ2) is 36.1. The van der Waals surface area contributed by atoms with Crippen LogP contribution < -0.4 is 0 Å². The minimum Gasteiger partial charge on any atom is -0.462 e. The summed E-state index contributed by atoms with van der Waals surface area (Å²) in [6, 6.07) is 0. The van der Waals surface area contributed by atoms with Crippen molar-refractivity contribution in [2.75, 3.05) is 13.2 Å². The monoisotopic (exact) mass is 894 g/mol. The summed E-state index contributed by atoms with van der Waals surface area (Å²) in [5.74, 6) is -1.12. The number of phosphoric ester groups is 1. The molecule has 0 aromatic rings. The van der Waals surface area contributed by atoms with Crippen molar-refractivity contribution in [2.45, 2.75) is 179 Å². The standard InChI is InChI=1S/C47H75O14P/c1-3-5-7-8-9-10-11-12-13-14-17-20-23-26-30-34-40(49)58-36-39(37-59-62(56,57)61-47-45(54)43(52)42(51)44(53)46(47)55)60-41(50)35-31-27-24-21-18-15-16-19-22-25-29-33-38(48)32-28-6-4-2/h9-10,12-13,15-17,20-22,24-25,29,33,39,42-47,51-55H,3-8,11,14,18-19,23,26-28,30-32,34-37H2,1-2H3,(H,56,57)/b10-9-,13-12-,16-15-,20-17-,24-21-,25-22-,33-29+/t39-,42?,43-,44+,45-,46-,47?/m1/s1. The number of hydrogen-bond donors (Lipinski definition) is 6. The van der Waals surface area contributed by atoms with Gasteiger partial charge in [-0.3, -0.25) is 23.4 Å². The summed E-state index contributed by atoms with van der Waals surface area (Å²) in [6.07, 6.45) is 29.1. The van der Waals surface area contributed by atoms with E-state index in [0.29, 0.717) is 32.1 Å². The number of ketones is 1. The first-order chi connectivity index (χ1) is 29.8. The van der Waals surface area contributed by atoms with Gasteiger partial charge >= 0.3 is 19.8 Å². The number of aliphatic hydroxyl groups is 5. The molecule has 0 spiro atoms. The van der Waals surface area contributed by atoms with E-state index in [1.165, 1.54) is 19.3 Å². The Morgan fingerprint density at radius 2 is 1.02 bits per heavy atom. The molecule has 6 N–H and O–H groups in total. The largest absolute Gasteiger partial charge is 0.472 e. The van der Waals surface area contributed by atoms with Crippen LogP contribution in [-0.2, 0) is 37.5 Å². The molecule has 1 fully saturated rings. The topological polar surface area (TPSA) is 227 Å². The summed E-state index contributed by atoms with van der Waals surface area (Å²) in [4.78, 5) is 47.4. The number of hydrogen-bond acceptors (Lipinski definition) is 13. The molecular formula is C47H75O14P. The predicted octanol–water partition coefficient (Wildman–Crippen LogP) is 7.68. The van der Waals surface area contributed by atoms with E-state index in [2.05, 4.69) is 50.3 Å². The van der Waals surface area contributed by atoms with Gasteiger partial charge in [-0.1, -0.05) is 119 Å². The van der Waals surface area contributed by atoms with E-state index in [4.69, 9.17) is 18.5 Å². The van der Waals surface area contributed by atoms with Crippen molar-refractivity contribution in [1.29, 1.82) is 0 Å². The number of carbonyl (C=O) groups is 3. The van der Waals surface area contributed by atoms with Crippen LogP contribution in [0.1, 0.15) is 136 Å². The van der Waals surface area contributed by atoms with E-state index in [-0.39, 0.29) is 18.6 Å². The van der Waals surface area contributed by atoms with Gasteiger partial charge in [0.15, 0.2) is 11.9 Å². The molecule has 3 unspecified atom stereocenters. The second-order valence-corrected chi connectivity index (χ2v) is 16.6. The first-order valence-electron chi connectivity index (χ1n) is 22.3. The van der Waals surface area contributed by atoms with Crippen molar-refractivity contribution in [3.8, 4) is 0 Å². The molecular weight excluding hydrogens is 819 g/mol. The number of carbonyl (C=O) groups excluding carboxylic acids is 3. The molecule has 0 amide bonds. The number of unbranched alkanes of at least 4 members (excludes halogenated alkanes) is 8. The van der Waals surface area contributed by atoms with Crippen molar-refractivity contribution in [1.82, 2.24) is 0 Å². The molecule has 0 aromatic carbocycles. The van der Waals surface area contributed by atoms with Crippen molar-refractivity contribution >= 4 is 25.5 Å². The predicted molar refractivity (Wildman–Crippen MR) is 240 cm³/mol. The first-order valence-corrected chi connectivity index (χ1v) is 23.8. The number of esters is 2. The van der Waals surface area contributed by atoms with Gasteiger partial charge in [0.1, 0.15) is 43.2 Å². The van der Waals surface area contributed by atoms with Crippen LogP contribution in [0.5, 0.6) is 0 Å². The molecule has 0 radical (unpaired) electrons. The lowest BCUT2D eigenvalue weighted by molar-refractivity contribution is -0.220. The molecule has 14 nitrogen and oxygen atoms in total. The molecule has 1 aliphatic rings. The zero-order chi connectivity index (χ0) is 45.9. The number of ether oxygens (including phenoxy) is 2. The van der Waals surface area contributed by atoms with Gasteiger partial charge in [-0.15, -0.1) is 0 Å². The lowest BCUT2D eigenvalue weighted by Crippen LogP contribution is -2.64. The van der Waals surface area contributed by atoms with Gasteiger partial charge in [-0.25, -0.2) is 4.57 Å². The third kappa shape index (κ3) is 28.4. The van der Waals surface area contributed by atoms with Gasteiger partial charge in [0.2, 0.25) is 0 Å². The number of rotatable bonds is 35. The van der Waals surface area contributed by atoms with E-state index in [1.54, 1.807) is 12.2 Å². The molecule has 1 rings (SSSR count). The number of aliphatic hydroxyl groups excluding tert-OH is 5. The smallest absolute Gasteiger partial charge is 0.462 e. The molecule has 1 saturated carbocycles. The van der Waals surface area contributed by atoms with Gasteiger partial charge in [0, 0.05) is 19.3 Å². The Kier molecular flexibility index (Phi) is 33.0. The SMILES string of the molecule is CCCCC/C=C\C/C=C\C/C=C\CCCCC(=O)OC[C@H](COP(=O)(O)OC1[C@H](O)[C@H](O)C(O)[C@H](O)[C@H]1O)OC(=O)CCC/C=C\C/C=C\C/C=C\C=C\C(=O)CCCCC. The van der Waals surface area contributed by atoms with Crippen molar-refractivity contribution in [3.05, 3.63) is 85.1 Å². The highest BCUT2D eigenvalue weighted by molar-refractivity contribution is 7.47. The minimum atomic E-state index is -5.16. The maximum Gasteiger partial charge on any atom is 0.472 e.